The van der Waals surface area contributed by atoms with Gasteiger partial charge in [-0.15, -0.1) is 0 Å². The Bertz CT molecular complexity index is 1430. The van der Waals surface area contributed by atoms with E-state index >= 15 is 0 Å². The zero-order valence-electron chi connectivity index (χ0n) is 18.1. The number of esters is 1. The first-order valence-electron chi connectivity index (χ1n) is 10.4. The summed E-state index contributed by atoms with van der Waals surface area (Å²) in [5.41, 5.74) is 2.28. The second-order valence-electron chi connectivity index (χ2n) is 7.23. The minimum atomic E-state index is -0.620. The lowest BCUT2D eigenvalue weighted by molar-refractivity contribution is -0.139. The first-order valence-corrected chi connectivity index (χ1v) is 11.2. The third-order valence-corrected chi connectivity index (χ3v) is 6.10. The largest absolute Gasteiger partial charge is 0.479 e. The number of carbonyl (C=O) groups is 1. The van der Waals surface area contributed by atoms with Crippen molar-refractivity contribution in [2.45, 2.75) is 19.9 Å². The van der Waals surface area contributed by atoms with Crippen LogP contribution in [0.1, 0.15) is 31.0 Å². The zero-order chi connectivity index (χ0) is 23.4. The minimum Gasteiger partial charge on any atom is -0.479 e. The highest BCUT2D eigenvalue weighted by atomic mass is 32.1. The van der Waals surface area contributed by atoms with Crippen LogP contribution >= 0.6 is 11.3 Å². The van der Waals surface area contributed by atoms with Crippen molar-refractivity contribution in [3.05, 3.63) is 96.7 Å². The van der Waals surface area contributed by atoms with E-state index in [1.54, 1.807) is 36.6 Å². The quantitative estimate of drug-likeness (QED) is 0.529. The van der Waals surface area contributed by atoms with Gasteiger partial charge in [0.15, 0.2) is 11.4 Å². The maximum atomic E-state index is 13.5. The van der Waals surface area contributed by atoms with Gasteiger partial charge in [-0.2, -0.15) is 5.26 Å². The molecule has 0 aliphatic carbocycles. The summed E-state index contributed by atoms with van der Waals surface area (Å²) >= 11 is 1.27. The fraction of sp³-hybridized carbons (Fsp3) is 0.200. The number of fused-ring (bicyclic) bond motifs is 1. The Balaban J connectivity index is 1.84. The number of hydrogen-bond donors (Lipinski definition) is 0. The fourth-order valence-electron chi connectivity index (χ4n) is 3.67. The SMILES string of the molecule is CCOC(=O)C1=C(C)N=c2s/c(=C/c3ccc(OCC#N)cc3)c(=O)n2[C@@H]1c1ccccc1. The molecule has 8 heteroatoms. The van der Waals surface area contributed by atoms with Gasteiger partial charge in [0, 0.05) is 0 Å². The Morgan fingerprint density at radius 3 is 2.61 bits per heavy atom. The van der Waals surface area contributed by atoms with Crippen LogP contribution in [0.2, 0.25) is 0 Å². The smallest absolute Gasteiger partial charge is 0.338 e. The van der Waals surface area contributed by atoms with E-state index in [-0.39, 0.29) is 18.8 Å². The van der Waals surface area contributed by atoms with Crippen molar-refractivity contribution < 1.29 is 14.3 Å². The number of ether oxygens (including phenoxy) is 2. The van der Waals surface area contributed by atoms with Crippen molar-refractivity contribution in [1.82, 2.24) is 4.57 Å². The molecule has 0 radical (unpaired) electrons. The molecule has 1 aliphatic rings. The maximum Gasteiger partial charge on any atom is 0.338 e. The lowest BCUT2D eigenvalue weighted by atomic mass is 9.96. The second-order valence-corrected chi connectivity index (χ2v) is 8.24. The first kappa shape index (κ1) is 22.2. The van der Waals surface area contributed by atoms with Gasteiger partial charge < -0.3 is 9.47 Å². The molecule has 1 aromatic heterocycles. The fourth-order valence-corrected chi connectivity index (χ4v) is 4.72. The lowest BCUT2D eigenvalue weighted by Gasteiger charge is -2.24. The molecule has 3 aromatic rings. The Hall–Kier alpha value is -3.96. The number of hydrogen-bond acceptors (Lipinski definition) is 7. The van der Waals surface area contributed by atoms with Crippen LogP contribution in [0.5, 0.6) is 5.75 Å². The van der Waals surface area contributed by atoms with Gasteiger partial charge in [-0.25, -0.2) is 9.79 Å². The molecule has 0 amide bonds. The van der Waals surface area contributed by atoms with E-state index in [1.165, 1.54) is 11.3 Å². The third kappa shape index (κ3) is 4.49. The van der Waals surface area contributed by atoms with Crippen LogP contribution in [0.4, 0.5) is 0 Å². The summed E-state index contributed by atoms with van der Waals surface area (Å²) in [6, 6.07) is 17.8. The summed E-state index contributed by atoms with van der Waals surface area (Å²) < 4.78 is 12.6. The highest BCUT2D eigenvalue weighted by molar-refractivity contribution is 7.07. The normalized spacial score (nSPS) is 15.4. The van der Waals surface area contributed by atoms with Crippen molar-refractivity contribution in [2.24, 2.45) is 4.99 Å². The summed E-state index contributed by atoms with van der Waals surface area (Å²) in [6.45, 7) is 3.71. The maximum absolute atomic E-state index is 13.5. The average molecular weight is 460 g/mol. The summed E-state index contributed by atoms with van der Waals surface area (Å²) in [7, 11) is 0. The van der Waals surface area contributed by atoms with Gasteiger partial charge in [0.25, 0.3) is 5.56 Å². The van der Waals surface area contributed by atoms with E-state index in [4.69, 9.17) is 14.7 Å². The third-order valence-electron chi connectivity index (χ3n) is 5.11. The number of aromatic nitrogens is 1. The predicted octanol–water partition coefficient (Wildman–Crippen LogP) is 2.70. The number of nitriles is 1. The van der Waals surface area contributed by atoms with E-state index < -0.39 is 12.0 Å². The number of carbonyl (C=O) groups excluding carboxylic acids is 1. The van der Waals surface area contributed by atoms with Gasteiger partial charge in [-0.3, -0.25) is 9.36 Å². The van der Waals surface area contributed by atoms with Crippen LogP contribution < -0.4 is 19.6 Å². The standard InChI is InChI=1S/C25H21N3O4S/c1-3-31-24(30)21-16(2)27-25-28(22(21)18-7-5-4-6-8-18)23(29)20(33-25)15-17-9-11-19(12-10-17)32-14-13-26/h4-12,15,22H,3,14H2,1-2H3/b20-15+/t22-/m1/s1. The summed E-state index contributed by atoms with van der Waals surface area (Å²) in [6.07, 6.45) is 1.78. The molecule has 0 spiro atoms. The van der Waals surface area contributed by atoms with Crippen molar-refractivity contribution in [2.75, 3.05) is 13.2 Å². The molecule has 33 heavy (non-hydrogen) atoms. The molecular weight excluding hydrogens is 438 g/mol. The highest BCUT2D eigenvalue weighted by Crippen LogP contribution is 2.30. The van der Waals surface area contributed by atoms with Crippen LogP contribution in [0.15, 0.2) is 75.7 Å². The van der Waals surface area contributed by atoms with E-state index in [1.807, 2.05) is 48.5 Å². The Labute approximate surface area is 194 Å². The first-order chi connectivity index (χ1) is 16.0. The Morgan fingerprint density at radius 1 is 1.21 bits per heavy atom. The zero-order valence-corrected chi connectivity index (χ0v) is 19.0. The van der Waals surface area contributed by atoms with Crippen molar-refractivity contribution in [1.29, 1.82) is 5.26 Å². The van der Waals surface area contributed by atoms with Gasteiger partial charge in [-0.05, 0) is 43.2 Å². The number of rotatable bonds is 6. The summed E-state index contributed by atoms with van der Waals surface area (Å²) in [5.74, 6) is 0.101. The van der Waals surface area contributed by atoms with E-state index in [0.29, 0.717) is 26.4 Å². The van der Waals surface area contributed by atoms with E-state index in [2.05, 4.69) is 4.99 Å². The summed E-state index contributed by atoms with van der Waals surface area (Å²) in [5, 5.41) is 8.63. The van der Waals surface area contributed by atoms with Gasteiger partial charge in [0.1, 0.15) is 11.8 Å². The van der Waals surface area contributed by atoms with Crippen LogP contribution in [-0.4, -0.2) is 23.8 Å². The van der Waals surface area contributed by atoms with Crippen LogP contribution in [0.25, 0.3) is 6.08 Å². The second kappa shape index (κ2) is 9.67. The molecule has 0 N–H and O–H groups in total. The number of benzene rings is 2. The minimum absolute atomic E-state index is 0.0282. The molecule has 1 aliphatic heterocycles. The molecule has 0 saturated heterocycles. The average Bonchev–Trinajstić information content (AvgIpc) is 3.12. The van der Waals surface area contributed by atoms with Crippen LogP contribution in [-0.2, 0) is 9.53 Å². The van der Waals surface area contributed by atoms with Crippen molar-refractivity contribution in [3.8, 4) is 11.8 Å². The van der Waals surface area contributed by atoms with Crippen LogP contribution in [0.3, 0.4) is 0 Å². The molecular formula is C25H21N3O4S. The lowest BCUT2D eigenvalue weighted by Crippen LogP contribution is -2.39. The molecule has 0 saturated carbocycles. The Morgan fingerprint density at radius 2 is 1.94 bits per heavy atom. The predicted molar refractivity (Wildman–Crippen MR) is 124 cm³/mol. The van der Waals surface area contributed by atoms with Crippen molar-refractivity contribution >= 4 is 23.4 Å². The Kier molecular flexibility index (Phi) is 6.52. The molecule has 1 atom stereocenters. The molecule has 7 nitrogen and oxygen atoms in total. The topological polar surface area (TPSA) is 93.7 Å². The van der Waals surface area contributed by atoms with Crippen molar-refractivity contribution in [3.63, 3.8) is 0 Å². The molecule has 4 rings (SSSR count). The van der Waals surface area contributed by atoms with Gasteiger partial charge in [-0.1, -0.05) is 53.8 Å². The number of nitrogens with zero attached hydrogens (tertiary/aromatic N) is 3. The molecule has 0 unspecified atom stereocenters. The molecule has 0 fully saturated rings. The van der Waals surface area contributed by atoms with Gasteiger partial charge in [0.2, 0.25) is 0 Å². The monoisotopic (exact) mass is 459 g/mol. The van der Waals surface area contributed by atoms with Gasteiger partial charge in [0.05, 0.1) is 28.5 Å². The van der Waals surface area contributed by atoms with Crippen LogP contribution in [0, 0.1) is 11.3 Å². The highest BCUT2D eigenvalue weighted by Gasteiger charge is 2.33. The molecule has 166 valence electrons. The van der Waals surface area contributed by atoms with E-state index in [0.717, 1.165) is 11.1 Å². The van der Waals surface area contributed by atoms with Gasteiger partial charge >= 0.3 is 5.97 Å². The molecule has 2 aromatic carbocycles. The molecule has 2 heterocycles. The summed E-state index contributed by atoms with van der Waals surface area (Å²) in [4.78, 5) is 31.4. The molecule has 0 bridgehead atoms. The number of allylic oxidation sites excluding steroid dienone is 1. The number of thiazole rings is 1. The van der Waals surface area contributed by atoms with E-state index in [9.17, 15) is 9.59 Å².